The molecule has 2 aromatic carbocycles. The van der Waals surface area contributed by atoms with Crippen LogP contribution in [-0.4, -0.2) is 69.8 Å². The van der Waals surface area contributed by atoms with Gasteiger partial charge in [0.1, 0.15) is 6.10 Å². The zero-order valence-corrected chi connectivity index (χ0v) is 22.1. The molecule has 2 aromatic rings. The first-order chi connectivity index (χ1) is 17.8. The van der Waals surface area contributed by atoms with Gasteiger partial charge >= 0.3 is 0 Å². The summed E-state index contributed by atoms with van der Waals surface area (Å²) in [6.07, 6.45) is 6.14. The lowest BCUT2D eigenvalue weighted by molar-refractivity contribution is -0.200. The minimum atomic E-state index is -0.930. The minimum absolute atomic E-state index is 0.0443. The van der Waals surface area contributed by atoms with Gasteiger partial charge in [0.2, 0.25) is 5.91 Å². The number of carbonyl (C=O) groups is 1. The summed E-state index contributed by atoms with van der Waals surface area (Å²) in [7, 11) is 1.88. The molecule has 37 heavy (non-hydrogen) atoms. The van der Waals surface area contributed by atoms with Crippen molar-refractivity contribution in [3.63, 3.8) is 0 Å². The summed E-state index contributed by atoms with van der Waals surface area (Å²) < 4.78 is 6.63. The van der Waals surface area contributed by atoms with Crippen LogP contribution in [-0.2, 0) is 23.1 Å². The Bertz CT molecular complexity index is 1250. The van der Waals surface area contributed by atoms with Crippen LogP contribution in [0.2, 0.25) is 5.02 Å². The average Bonchev–Trinajstić information content (AvgIpc) is 3.63. The largest absolute Gasteiger partial charge is 0.504 e. The van der Waals surface area contributed by atoms with Crippen LogP contribution < -0.4 is 4.74 Å². The maximum atomic E-state index is 13.4. The first kappa shape index (κ1) is 23.8. The Hall–Kier alpha value is -2.28. The van der Waals surface area contributed by atoms with Gasteiger partial charge in [-0.2, -0.15) is 0 Å². The Balaban J connectivity index is 1.21. The highest BCUT2D eigenvalue weighted by molar-refractivity contribution is 6.30. The molecule has 2 heterocycles. The number of hydrogen-bond donors (Lipinski definition) is 2. The van der Waals surface area contributed by atoms with E-state index in [0.717, 1.165) is 43.0 Å². The fourth-order valence-corrected chi connectivity index (χ4v) is 8.24. The van der Waals surface area contributed by atoms with Crippen molar-refractivity contribution in [2.75, 3.05) is 20.1 Å². The molecule has 2 aliphatic heterocycles. The third kappa shape index (κ3) is 3.41. The van der Waals surface area contributed by atoms with Gasteiger partial charge in [-0.1, -0.05) is 29.8 Å². The summed E-state index contributed by atoms with van der Waals surface area (Å²) in [5.41, 5.74) is 1.74. The Kier molecular flexibility index (Phi) is 5.38. The molecule has 5 aliphatic rings. The quantitative estimate of drug-likeness (QED) is 0.598. The number of aromatic hydroxyl groups is 1. The topological polar surface area (TPSA) is 73.2 Å². The molecule has 6 nitrogen and oxygen atoms in total. The molecule has 3 fully saturated rings. The van der Waals surface area contributed by atoms with Crippen molar-refractivity contribution in [3.8, 4) is 11.5 Å². The van der Waals surface area contributed by atoms with Crippen molar-refractivity contribution >= 4 is 17.5 Å². The van der Waals surface area contributed by atoms with E-state index in [2.05, 4.69) is 4.90 Å². The average molecular weight is 523 g/mol. The van der Waals surface area contributed by atoms with Crippen LogP contribution in [0.3, 0.4) is 0 Å². The Morgan fingerprint density at radius 2 is 1.95 bits per heavy atom. The van der Waals surface area contributed by atoms with E-state index in [1.165, 1.54) is 18.4 Å². The fourth-order valence-electron chi connectivity index (χ4n) is 8.12. The number of likely N-dealkylation sites (N-methyl/N-ethyl adjacent to an activating group) is 1. The first-order valence-corrected chi connectivity index (χ1v) is 14.2. The number of halogens is 1. The van der Waals surface area contributed by atoms with Gasteiger partial charge in [-0.05, 0) is 86.7 Å². The van der Waals surface area contributed by atoms with Crippen LogP contribution in [0.1, 0.15) is 55.2 Å². The number of phenols is 1. The number of phenolic OH excluding ortho intramolecular Hbond substituents is 1. The first-order valence-electron chi connectivity index (χ1n) is 13.8. The second kappa shape index (κ2) is 8.36. The molecule has 7 heteroatoms. The number of ether oxygens (including phenoxy) is 1. The number of rotatable bonds is 6. The lowest BCUT2D eigenvalue weighted by atomic mass is 9.48. The molecule has 2 saturated carbocycles. The van der Waals surface area contributed by atoms with Crippen LogP contribution in [0.4, 0.5) is 0 Å². The van der Waals surface area contributed by atoms with Crippen molar-refractivity contribution in [2.24, 2.45) is 5.92 Å². The van der Waals surface area contributed by atoms with Crippen LogP contribution in [0.25, 0.3) is 0 Å². The van der Waals surface area contributed by atoms with Crippen molar-refractivity contribution in [3.05, 3.63) is 58.1 Å². The highest BCUT2D eigenvalue weighted by Gasteiger charge is 2.73. The molecular formula is C30H35ClN2O4. The summed E-state index contributed by atoms with van der Waals surface area (Å²) in [6.45, 7) is 1.97. The number of piperidine rings is 1. The molecule has 2 bridgehead atoms. The minimum Gasteiger partial charge on any atom is -0.504 e. The predicted molar refractivity (Wildman–Crippen MR) is 141 cm³/mol. The molecule has 3 aliphatic carbocycles. The third-order valence-corrected chi connectivity index (χ3v) is 10.4. The van der Waals surface area contributed by atoms with Crippen molar-refractivity contribution in [1.82, 2.24) is 9.80 Å². The lowest BCUT2D eigenvalue weighted by Crippen LogP contribution is -2.78. The summed E-state index contributed by atoms with van der Waals surface area (Å²) in [6, 6.07) is 11.3. The molecule has 1 spiro atoms. The van der Waals surface area contributed by atoms with Crippen molar-refractivity contribution in [1.29, 1.82) is 0 Å². The maximum Gasteiger partial charge on any atom is 0.223 e. The summed E-state index contributed by atoms with van der Waals surface area (Å²) in [5.74, 6) is 1.50. The summed E-state index contributed by atoms with van der Waals surface area (Å²) >= 11 is 6.01. The van der Waals surface area contributed by atoms with Crippen molar-refractivity contribution < 1.29 is 19.7 Å². The van der Waals surface area contributed by atoms with E-state index in [1.807, 2.05) is 42.3 Å². The molecule has 0 aromatic heterocycles. The molecule has 2 unspecified atom stereocenters. The lowest BCUT2D eigenvalue weighted by Gasteiger charge is -2.64. The van der Waals surface area contributed by atoms with Crippen LogP contribution >= 0.6 is 11.6 Å². The monoisotopic (exact) mass is 522 g/mol. The third-order valence-electron chi connectivity index (χ3n) is 10.2. The van der Waals surface area contributed by atoms with Crippen LogP contribution in [0.5, 0.6) is 11.5 Å². The predicted octanol–water partition coefficient (Wildman–Crippen LogP) is 4.07. The van der Waals surface area contributed by atoms with Gasteiger partial charge in [0.15, 0.2) is 11.5 Å². The Morgan fingerprint density at radius 1 is 1.16 bits per heavy atom. The van der Waals surface area contributed by atoms with Crippen LogP contribution in [0.15, 0.2) is 36.4 Å². The SMILES string of the molecule is CN(C(=O)CCc1ccc(Cl)cc1)C1CC[C@@]2(O)[C@H]3Cc4ccc(O)c5c4[C@@]2(CCN3CC2CC2)C1O5. The number of benzene rings is 2. The van der Waals surface area contributed by atoms with E-state index >= 15 is 0 Å². The highest BCUT2D eigenvalue weighted by Crippen LogP contribution is 2.66. The van der Waals surface area contributed by atoms with E-state index in [4.69, 9.17) is 16.3 Å². The number of amides is 1. The zero-order chi connectivity index (χ0) is 25.5. The number of aryl methyl sites for hydroxylation is 1. The number of carbonyl (C=O) groups excluding carboxylic acids is 1. The number of hydrogen-bond acceptors (Lipinski definition) is 5. The molecule has 5 atom stereocenters. The van der Waals surface area contributed by atoms with E-state index in [-0.39, 0.29) is 29.8 Å². The smallest absolute Gasteiger partial charge is 0.223 e. The van der Waals surface area contributed by atoms with Crippen molar-refractivity contribution in [2.45, 2.75) is 80.6 Å². The van der Waals surface area contributed by atoms with E-state index < -0.39 is 11.0 Å². The van der Waals surface area contributed by atoms with E-state index in [1.54, 1.807) is 6.07 Å². The normalized spacial score (nSPS) is 33.5. The number of nitrogens with zero attached hydrogens (tertiary/aromatic N) is 2. The van der Waals surface area contributed by atoms with Gasteiger partial charge in [0, 0.05) is 36.6 Å². The van der Waals surface area contributed by atoms with Gasteiger partial charge in [-0.15, -0.1) is 0 Å². The number of aliphatic hydroxyl groups is 1. The summed E-state index contributed by atoms with van der Waals surface area (Å²) in [4.78, 5) is 17.8. The maximum absolute atomic E-state index is 13.4. The highest BCUT2D eigenvalue weighted by atomic mass is 35.5. The zero-order valence-electron chi connectivity index (χ0n) is 21.3. The van der Waals surface area contributed by atoms with Gasteiger partial charge in [0.05, 0.1) is 17.1 Å². The summed E-state index contributed by atoms with van der Waals surface area (Å²) in [5, 5.41) is 24.1. The van der Waals surface area contributed by atoms with E-state index in [9.17, 15) is 15.0 Å². The van der Waals surface area contributed by atoms with Gasteiger partial charge < -0.3 is 19.8 Å². The van der Waals surface area contributed by atoms with Gasteiger partial charge in [-0.3, -0.25) is 9.69 Å². The van der Waals surface area contributed by atoms with Gasteiger partial charge in [-0.25, -0.2) is 0 Å². The second-order valence-electron chi connectivity index (χ2n) is 12.0. The fraction of sp³-hybridized carbons (Fsp3) is 0.567. The second-order valence-corrected chi connectivity index (χ2v) is 12.5. The molecule has 7 rings (SSSR count). The number of likely N-dealkylation sites (tertiary alicyclic amines) is 1. The van der Waals surface area contributed by atoms with E-state index in [0.29, 0.717) is 36.5 Å². The molecule has 1 amide bonds. The molecule has 0 radical (unpaired) electrons. The van der Waals surface area contributed by atoms with Gasteiger partial charge in [0.25, 0.3) is 0 Å². The molecule has 196 valence electrons. The standard InChI is InChI=1S/C30H35ClN2O4/c1-32(25(35)11-6-18-4-8-21(31)9-5-18)22-12-13-30(36)24-16-20-7-10-23(34)27-26(20)29(30,28(22)37-27)14-15-33(24)17-19-2-3-19/h4-5,7-10,19,22,24,28,34,36H,2-3,6,11-17H2,1H3/t22?,24-,28?,29+,30-/m1/s1. The molecule has 1 saturated heterocycles. The molecule has 2 N–H and O–H groups in total. The Labute approximate surface area is 223 Å². The Morgan fingerprint density at radius 3 is 2.70 bits per heavy atom. The van der Waals surface area contributed by atoms with Crippen LogP contribution in [0, 0.1) is 5.92 Å². The molecular weight excluding hydrogens is 488 g/mol.